The number of benzene rings is 3. The number of nitrogens with zero attached hydrogens (tertiary/aromatic N) is 3. The highest BCUT2D eigenvalue weighted by atomic mass is 16.5. The fourth-order valence-electron chi connectivity index (χ4n) is 6.02. The number of carboxylic acid groups (broad SMARTS) is 1. The largest absolute Gasteiger partial charge is 0.493 e. The van der Waals surface area contributed by atoms with Crippen molar-refractivity contribution in [2.75, 3.05) is 26.7 Å². The summed E-state index contributed by atoms with van der Waals surface area (Å²) in [6.45, 7) is 3.00. The lowest BCUT2D eigenvalue weighted by molar-refractivity contribution is 0.0697. The molecule has 40 heavy (non-hydrogen) atoms. The number of aromatic nitrogens is 2. The second-order valence-electron chi connectivity index (χ2n) is 11.3. The molecule has 2 fully saturated rings. The fourth-order valence-corrected chi connectivity index (χ4v) is 6.02. The molecule has 7 heteroatoms. The summed E-state index contributed by atoms with van der Waals surface area (Å²) < 4.78 is 14.6. The number of hydrogen-bond donors (Lipinski definition) is 1. The van der Waals surface area contributed by atoms with E-state index in [0.29, 0.717) is 12.0 Å². The van der Waals surface area contributed by atoms with E-state index in [0.717, 1.165) is 72.2 Å². The van der Waals surface area contributed by atoms with Gasteiger partial charge in [0.1, 0.15) is 23.1 Å². The van der Waals surface area contributed by atoms with E-state index in [-0.39, 0.29) is 5.56 Å². The summed E-state index contributed by atoms with van der Waals surface area (Å²) in [6, 6.07) is 21.5. The Morgan fingerprint density at radius 1 is 0.900 bits per heavy atom. The van der Waals surface area contributed by atoms with Gasteiger partial charge in [0.05, 0.1) is 23.2 Å². The van der Waals surface area contributed by atoms with Gasteiger partial charge < -0.3 is 24.0 Å². The first-order chi connectivity index (χ1) is 19.5. The van der Waals surface area contributed by atoms with E-state index < -0.39 is 5.97 Å². The van der Waals surface area contributed by atoms with Crippen LogP contribution in [0.2, 0.25) is 0 Å². The van der Waals surface area contributed by atoms with Crippen LogP contribution in [-0.4, -0.2) is 52.3 Å². The zero-order valence-corrected chi connectivity index (χ0v) is 23.1. The van der Waals surface area contributed by atoms with Crippen LogP contribution in [0.4, 0.5) is 0 Å². The van der Waals surface area contributed by atoms with Gasteiger partial charge in [-0.25, -0.2) is 9.78 Å². The average Bonchev–Trinajstić information content (AvgIpc) is 3.37. The quantitative estimate of drug-likeness (QED) is 0.251. The van der Waals surface area contributed by atoms with Crippen LogP contribution in [0.1, 0.15) is 61.3 Å². The van der Waals surface area contributed by atoms with Crippen molar-refractivity contribution in [2.24, 2.45) is 5.92 Å². The monoisotopic (exact) mass is 539 g/mol. The lowest BCUT2D eigenvalue weighted by atomic mass is 9.95. The predicted octanol–water partition coefficient (Wildman–Crippen LogP) is 7.42. The number of aromatic carboxylic acids is 1. The van der Waals surface area contributed by atoms with E-state index in [1.807, 2.05) is 54.6 Å². The summed E-state index contributed by atoms with van der Waals surface area (Å²) in [5.41, 5.74) is 2.96. The molecule has 1 aromatic heterocycles. The van der Waals surface area contributed by atoms with Crippen LogP contribution in [0.5, 0.6) is 17.2 Å². The number of imidazole rings is 1. The topological polar surface area (TPSA) is 76.8 Å². The molecule has 0 spiro atoms. The Balaban J connectivity index is 1.20. The zero-order chi connectivity index (χ0) is 27.5. The second-order valence-corrected chi connectivity index (χ2v) is 11.3. The molecular formula is C33H37N3O4. The Hall–Kier alpha value is -3.84. The number of carbonyl (C=O) groups is 1. The van der Waals surface area contributed by atoms with Crippen molar-refractivity contribution >= 4 is 17.0 Å². The molecule has 1 aliphatic carbocycles. The molecule has 2 heterocycles. The molecule has 0 atom stereocenters. The molecule has 1 aliphatic heterocycles. The van der Waals surface area contributed by atoms with Crippen LogP contribution in [0.15, 0.2) is 66.7 Å². The lowest BCUT2D eigenvalue weighted by Gasteiger charge is -2.28. The van der Waals surface area contributed by atoms with Crippen LogP contribution in [-0.2, 0) is 0 Å². The highest BCUT2D eigenvalue weighted by Crippen LogP contribution is 2.37. The molecule has 0 bridgehead atoms. The van der Waals surface area contributed by atoms with Gasteiger partial charge in [0.2, 0.25) is 0 Å². The average molecular weight is 540 g/mol. The molecule has 208 valence electrons. The van der Waals surface area contributed by atoms with Gasteiger partial charge in [-0.2, -0.15) is 0 Å². The van der Waals surface area contributed by atoms with E-state index in [1.54, 1.807) is 12.1 Å². The number of hydrogen-bond acceptors (Lipinski definition) is 5. The third-order valence-corrected chi connectivity index (χ3v) is 8.35. The molecule has 6 rings (SSSR count). The van der Waals surface area contributed by atoms with Gasteiger partial charge in [-0.05, 0) is 106 Å². The van der Waals surface area contributed by atoms with Crippen LogP contribution in [0.25, 0.3) is 22.4 Å². The zero-order valence-electron chi connectivity index (χ0n) is 23.1. The number of likely N-dealkylation sites (tertiary alicyclic amines) is 1. The molecule has 7 nitrogen and oxygen atoms in total. The number of ether oxygens (including phenoxy) is 2. The van der Waals surface area contributed by atoms with E-state index >= 15 is 0 Å². The first-order valence-electron chi connectivity index (χ1n) is 14.5. The molecule has 1 saturated heterocycles. The van der Waals surface area contributed by atoms with Crippen molar-refractivity contribution in [1.29, 1.82) is 0 Å². The molecule has 1 saturated carbocycles. The molecule has 0 radical (unpaired) electrons. The van der Waals surface area contributed by atoms with Crippen molar-refractivity contribution < 1.29 is 19.4 Å². The van der Waals surface area contributed by atoms with Crippen molar-refractivity contribution in [2.45, 2.75) is 51.0 Å². The lowest BCUT2D eigenvalue weighted by Crippen LogP contribution is -2.32. The number of carboxylic acids is 1. The van der Waals surface area contributed by atoms with Crippen LogP contribution in [0.3, 0.4) is 0 Å². The normalized spacial score (nSPS) is 17.2. The summed E-state index contributed by atoms with van der Waals surface area (Å²) in [5, 5.41) is 9.50. The summed E-state index contributed by atoms with van der Waals surface area (Å²) in [6.07, 6.45) is 8.23. The van der Waals surface area contributed by atoms with Crippen LogP contribution < -0.4 is 9.47 Å². The van der Waals surface area contributed by atoms with Gasteiger partial charge >= 0.3 is 5.97 Å². The van der Waals surface area contributed by atoms with Crippen molar-refractivity contribution in [3.05, 3.63) is 72.3 Å². The molecule has 1 N–H and O–H groups in total. The second kappa shape index (κ2) is 11.7. The number of piperidine rings is 1. The summed E-state index contributed by atoms with van der Waals surface area (Å²) in [4.78, 5) is 18.9. The maximum Gasteiger partial charge on any atom is 0.335 e. The minimum Gasteiger partial charge on any atom is -0.493 e. The Kier molecular flexibility index (Phi) is 7.73. The summed E-state index contributed by atoms with van der Waals surface area (Å²) in [7, 11) is 2.17. The van der Waals surface area contributed by atoms with Crippen molar-refractivity contribution in [1.82, 2.24) is 14.5 Å². The Morgan fingerprint density at radius 2 is 1.65 bits per heavy atom. The minimum absolute atomic E-state index is 0.258. The van der Waals surface area contributed by atoms with E-state index in [9.17, 15) is 9.90 Å². The van der Waals surface area contributed by atoms with Crippen molar-refractivity contribution in [3.63, 3.8) is 0 Å². The maximum absolute atomic E-state index is 11.6. The summed E-state index contributed by atoms with van der Waals surface area (Å²) >= 11 is 0. The van der Waals surface area contributed by atoms with Crippen LogP contribution >= 0.6 is 0 Å². The van der Waals surface area contributed by atoms with Gasteiger partial charge in [0.25, 0.3) is 0 Å². The predicted molar refractivity (Wildman–Crippen MR) is 156 cm³/mol. The Morgan fingerprint density at radius 3 is 2.40 bits per heavy atom. The minimum atomic E-state index is -0.937. The van der Waals surface area contributed by atoms with Gasteiger partial charge in [0.15, 0.2) is 0 Å². The number of fused-ring (bicyclic) bond motifs is 1. The first kappa shape index (κ1) is 26.4. The third-order valence-electron chi connectivity index (χ3n) is 8.35. The first-order valence-corrected chi connectivity index (χ1v) is 14.5. The van der Waals surface area contributed by atoms with Gasteiger partial charge in [-0.3, -0.25) is 0 Å². The molecular weight excluding hydrogens is 502 g/mol. The summed E-state index contributed by atoms with van der Waals surface area (Å²) in [5.74, 6) is 2.85. The van der Waals surface area contributed by atoms with Crippen molar-refractivity contribution in [3.8, 4) is 28.6 Å². The number of rotatable bonds is 8. The van der Waals surface area contributed by atoms with Gasteiger partial charge in [-0.1, -0.05) is 25.3 Å². The molecule has 4 aromatic rings. The fraction of sp³-hybridized carbons (Fsp3) is 0.394. The Bertz CT molecular complexity index is 1470. The van der Waals surface area contributed by atoms with E-state index in [1.165, 1.54) is 32.1 Å². The highest BCUT2D eigenvalue weighted by molar-refractivity contribution is 5.93. The smallest absolute Gasteiger partial charge is 0.335 e. The van der Waals surface area contributed by atoms with Gasteiger partial charge in [0, 0.05) is 17.7 Å². The molecule has 2 aliphatic rings. The van der Waals surface area contributed by atoms with E-state index in [4.69, 9.17) is 14.5 Å². The third kappa shape index (κ3) is 5.85. The highest BCUT2D eigenvalue weighted by Gasteiger charge is 2.23. The molecule has 0 amide bonds. The molecule has 3 aromatic carbocycles. The van der Waals surface area contributed by atoms with E-state index in [2.05, 4.69) is 16.5 Å². The standard InChI is InChI=1S/C33H37N3O4/c1-35-18-16-23(17-19-35)22-39-28-8-5-9-29(21-28)40-27-13-10-24(11-14-27)32-34-30-20-25(33(37)38)12-15-31(30)36(32)26-6-3-2-4-7-26/h5,8-15,20-21,23,26H,2-4,6-7,16-19,22H2,1H3,(H,37,38). The SMILES string of the molecule is CN1CCC(COc2cccc(Oc3ccc(-c4nc5cc(C(=O)O)ccc5n4C4CCCCC4)cc3)c2)CC1. The maximum atomic E-state index is 11.6. The van der Waals surface area contributed by atoms with Gasteiger partial charge in [-0.15, -0.1) is 0 Å². The Labute approximate surface area is 235 Å². The van der Waals surface area contributed by atoms with Crippen LogP contribution in [0, 0.1) is 5.92 Å². The molecule has 0 unspecified atom stereocenters.